The second kappa shape index (κ2) is 6.58. The summed E-state index contributed by atoms with van der Waals surface area (Å²) in [5.74, 6) is 0.985. The second-order valence-electron chi connectivity index (χ2n) is 7.79. The van der Waals surface area contributed by atoms with E-state index < -0.39 is 0 Å². The van der Waals surface area contributed by atoms with Gasteiger partial charge in [0, 0.05) is 25.2 Å². The summed E-state index contributed by atoms with van der Waals surface area (Å²) in [6.07, 6.45) is 8.46. The fourth-order valence-corrected chi connectivity index (χ4v) is 3.49. The molecule has 0 aromatic rings. The lowest BCUT2D eigenvalue weighted by Gasteiger charge is -2.46. The minimum atomic E-state index is 0.395. The van der Waals surface area contributed by atoms with Crippen molar-refractivity contribution in [2.45, 2.75) is 78.3 Å². The van der Waals surface area contributed by atoms with Gasteiger partial charge in [0.1, 0.15) is 0 Å². The molecule has 112 valence electrons. The molecular weight excluding hydrogens is 232 g/mol. The maximum absolute atomic E-state index is 3.83. The van der Waals surface area contributed by atoms with Crippen molar-refractivity contribution in [2.24, 2.45) is 11.3 Å². The Balaban J connectivity index is 1.86. The van der Waals surface area contributed by atoms with E-state index in [1.54, 1.807) is 0 Å². The normalized spacial score (nSPS) is 29.7. The Morgan fingerprint density at radius 3 is 2.42 bits per heavy atom. The highest BCUT2D eigenvalue weighted by molar-refractivity contribution is 4.97. The van der Waals surface area contributed by atoms with E-state index in [2.05, 4.69) is 37.9 Å². The molecule has 1 N–H and O–H groups in total. The van der Waals surface area contributed by atoms with E-state index in [1.165, 1.54) is 58.2 Å². The fraction of sp³-hybridized carbons (Fsp3) is 1.00. The van der Waals surface area contributed by atoms with Crippen LogP contribution in [0, 0.1) is 11.3 Å². The number of hydrogen-bond donors (Lipinski definition) is 1. The fourth-order valence-electron chi connectivity index (χ4n) is 3.49. The number of nitrogens with one attached hydrogen (secondary N) is 1. The van der Waals surface area contributed by atoms with Crippen LogP contribution < -0.4 is 5.32 Å². The van der Waals surface area contributed by atoms with Gasteiger partial charge in [-0.1, -0.05) is 47.0 Å². The van der Waals surface area contributed by atoms with Crippen LogP contribution in [-0.4, -0.2) is 36.6 Å². The van der Waals surface area contributed by atoms with E-state index in [0.29, 0.717) is 11.5 Å². The van der Waals surface area contributed by atoms with Crippen LogP contribution in [0.2, 0.25) is 0 Å². The zero-order valence-corrected chi connectivity index (χ0v) is 13.5. The van der Waals surface area contributed by atoms with Crippen molar-refractivity contribution in [3.05, 3.63) is 0 Å². The van der Waals surface area contributed by atoms with Crippen molar-refractivity contribution in [3.8, 4) is 0 Å². The molecule has 2 rings (SSSR count). The van der Waals surface area contributed by atoms with E-state index in [-0.39, 0.29) is 0 Å². The Hall–Kier alpha value is -0.0800. The zero-order chi connectivity index (χ0) is 13.9. The molecule has 1 aliphatic carbocycles. The molecule has 1 saturated carbocycles. The molecule has 2 unspecified atom stereocenters. The van der Waals surface area contributed by atoms with Crippen molar-refractivity contribution in [3.63, 3.8) is 0 Å². The molecule has 19 heavy (non-hydrogen) atoms. The van der Waals surface area contributed by atoms with Crippen molar-refractivity contribution >= 4 is 0 Å². The van der Waals surface area contributed by atoms with E-state index in [1.807, 2.05) is 0 Å². The van der Waals surface area contributed by atoms with Crippen LogP contribution in [0.1, 0.15) is 66.2 Å². The molecule has 2 atom stereocenters. The zero-order valence-electron chi connectivity index (χ0n) is 13.5. The van der Waals surface area contributed by atoms with Crippen LogP contribution in [-0.2, 0) is 0 Å². The summed E-state index contributed by atoms with van der Waals surface area (Å²) in [7, 11) is 0. The van der Waals surface area contributed by atoms with Gasteiger partial charge in [-0.05, 0) is 37.1 Å². The molecule has 2 aliphatic rings. The molecule has 0 spiro atoms. The number of hydrogen-bond acceptors (Lipinski definition) is 2. The molecular formula is C17H34N2. The lowest BCUT2D eigenvalue weighted by atomic mass is 9.83. The van der Waals surface area contributed by atoms with Crippen molar-refractivity contribution < 1.29 is 0 Å². The Labute approximate surface area is 120 Å². The van der Waals surface area contributed by atoms with Gasteiger partial charge < -0.3 is 5.32 Å². The Morgan fingerprint density at radius 1 is 1.11 bits per heavy atom. The van der Waals surface area contributed by atoms with Gasteiger partial charge in [-0.2, -0.15) is 0 Å². The van der Waals surface area contributed by atoms with Gasteiger partial charge in [0.15, 0.2) is 0 Å². The third kappa shape index (κ3) is 4.46. The molecule has 0 aromatic heterocycles. The van der Waals surface area contributed by atoms with Crippen LogP contribution in [0.4, 0.5) is 0 Å². The topological polar surface area (TPSA) is 15.3 Å². The summed E-state index contributed by atoms with van der Waals surface area (Å²) in [4.78, 5) is 2.80. The Bertz CT molecular complexity index is 265. The van der Waals surface area contributed by atoms with Crippen molar-refractivity contribution in [2.75, 3.05) is 19.6 Å². The van der Waals surface area contributed by atoms with Gasteiger partial charge in [-0.3, -0.25) is 4.90 Å². The van der Waals surface area contributed by atoms with Gasteiger partial charge in [0.2, 0.25) is 0 Å². The molecule has 1 heterocycles. The Kier molecular flexibility index (Phi) is 5.30. The minimum absolute atomic E-state index is 0.395. The average molecular weight is 266 g/mol. The van der Waals surface area contributed by atoms with Crippen LogP contribution in [0.3, 0.4) is 0 Å². The minimum Gasteiger partial charge on any atom is -0.311 e. The highest BCUT2D eigenvalue weighted by atomic mass is 15.2. The number of rotatable bonds is 6. The molecule has 2 heteroatoms. The summed E-state index contributed by atoms with van der Waals surface area (Å²) in [6, 6.07) is 1.49. The van der Waals surface area contributed by atoms with Crippen molar-refractivity contribution in [1.29, 1.82) is 0 Å². The predicted molar refractivity (Wildman–Crippen MR) is 83.5 cm³/mol. The van der Waals surface area contributed by atoms with Gasteiger partial charge >= 0.3 is 0 Å². The molecule has 0 amide bonds. The van der Waals surface area contributed by atoms with Gasteiger partial charge in [-0.15, -0.1) is 0 Å². The van der Waals surface area contributed by atoms with E-state index in [9.17, 15) is 0 Å². The van der Waals surface area contributed by atoms with E-state index >= 15 is 0 Å². The van der Waals surface area contributed by atoms with Crippen LogP contribution in [0.5, 0.6) is 0 Å². The third-order valence-corrected chi connectivity index (χ3v) is 4.93. The largest absolute Gasteiger partial charge is 0.311 e. The smallest absolute Gasteiger partial charge is 0.0269 e. The SMILES string of the molecule is CCCCCCN1CC(C2CC2)NCC1C(C)(C)C. The van der Waals surface area contributed by atoms with Gasteiger partial charge in [0.05, 0.1) is 0 Å². The maximum atomic E-state index is 3.83. The van der Waals surface area contributed by atoms with Gasteiger partial charge in [0.25, 0.3) is 0 Å². The summed E-state index contributed by atoms with van der Waals surface area (Å²) < 4.78 is 0. The summed E-state index contributed by atoms with van der Waals surface area (Å²) in [6.45, 7) is 13.3. The third-order valence-electron chi connectivity index (χ3n) is 4.93. The first-order valence-corrected chi connectivity index (χ1v) is 8.49. The lowest BCUT2D eigenvalue weighted by molar-refractivity contribution is 0.0499. The predicted octanol–water partition coefficient (Wildman–Crippen LogP) is 3.67. The molecule has 2 nitrogen and oxygen atoms in total. The Morgan fingerprint density at radius 2 is 1.84 bits per heavy atom. The number of unbranched alkanes of at least 4 members (excludes halogenated alkanes) is 3. The first-order valence-electron chi connectivity index (χ1n) is 8.49. The molecule has 2 fully saturated rings. The standard InChI is InChI=1S/C17H34N2/c1-5-6-7-8-11-19-13-15(14-9-10-14)18-12-16(19)17(2,3)4/h14-16,18H,5-13H2,1-4H3. The molecule has 1 saturated heterocycles. The van der Waals surface area contributed by atoms with Crippen LogP contribution >= 0.6 is 0 Å². The molecule has 0 aromatic carbocycles. The van der Waals surface area contributed by atoms with Crippen LogP contribution in [0.15, 0.2) is 0 Å². The van der Waals surface area contributed by atoms with Gasteiger partial charge in [-0.25, -0.2) is 0 Å². The summed E-state index contributed by atoms with van der Waals surface area (Å²) in [5, 5.41) is 3.83. The van der Waals surface area contributed by atoms with Crippen LogP contribution in [0.25, 0.3) is 0 Å². The summed E-state index contributed by atoms with van der Waals surface area (Å²) >= 11 is 0. The second-order valence-corrected chi connectivity index (χ2v) is 7.79. The number of piperazine rings is 1. The molecule has 0 bridgehead atoms. The highest BCUT2D eigenvalue weighted by Crippen LogP contribution is 2.36. The highest BCUT2D eigenvalue weighted by Gasteiger charge is 2.40. The first-order chi connectivity index (χ1) is 9.02. The lowest BCUT2D eigenvalue weighted by Crippen LogP contribution is -2.61. The summed E-state index contributed by atoms with van der Waals surface area (Å²) in [5.41, 5.74) is 0.395. The molecule has 1 aliphatic heterocycles. The maximum Gasteiger partial charge on any atom is 0.0269 e. The van der Waals surface area contributed by atoms with Crippen molar-refractivity contribution in [1.82, 2.24) is 10.2 Å². The molecule has 0 radical (unpaired) electrons. The number of nitrogens with zero attached hydrogens (tertiary/aromatic N) is 1. The quantitative estimate of drug-likeness (QED) is 0.738. The van der Waals surface area contributed by atoms with E-state index in [4.69, 9.17) is 0 Å². The monoisotopic (exact) mass is 266 g/mol. The average Bonchev–Trinajstić information content (AvgIpc) is 3.17. The van der Waals surface area contributed by atoms with E-state index in [0.717, 1.165) is 12.0 Å². The first kappa shape index (κ1) is 15.3.